The van der Waals surface area contributed by atoms with E-state index in [2.05, 4.69) is 11.4 Å². The first-order valence-electron chi connectivity index (χ1n) is 6.58. The number of unbranched alkanes of at least 4 members (excludes halogenated alkanes) is 9. The van der Waals surface area contributed by atoms with Crippen LogP contribution >= 0.6 is 8.60 Å². The Balaban J connectivity index is 0. The summed E-state index contributed by atoms with van der Waals surface area (Å²) in [5.41, 5.74) is 0. The van der Waals surface area contributed by atoms with Crippen molar-refractivity contribution < 1.29 is 36.0 Å². The van der Waals surface area contributed by atoms with Gasteiger partial charge in [0.25, 0.3) is 0 Å². The largest absolute Gasteiger partial charge is 0.328 e. The van der Waals surface area contributed by atoms with E-state index in [1.807, 2.05) is 0 Å². The Bertz CT molecular complexity index is 137. The summed E-state index contributed by atoms with van der Waals surface area (Å²) in [6.45, 7) is 2.72. The molecule has 0 aromatic heterocycles. The molecule has 5 heteroatoms. The van der Waals surface area contributed by atoms with Gasteiger partial charge in [0.05, 0.1) is 6.61 Å². The maximum atomic E-state index is 8.49. The van der Waals surface area contributed by atoms with Crippen LogP contribution in [0.1, 0.15) is 71.1 Å². The molecule has 0 fully saturated rings. The predicted molar refractivity (Wildman–Crippen MR) is 69.2 cm³/mol. The summed E-state index contributed by atoms with van der Waals surface area (Å²) in [6, 6.07) is 0. The SMILES string of the molecule is CCCCCCCCCCCCOP(O)O.[Ti]. The van der Waals surface area contributed by atoms with E-state index < -0.39 is 8.60 Å². The van der Waals surface area contributed by atoms with Gasteiger partial charge in [0.1, 0.15) is 0 Å². The average Bonchev–Trinajstić information content (AvgIpc) is 2.25. The smallest absolute Gasteiger partial charge is 0.327 e. The molecule has 3 nitrogen and oxygen atoms in total. The van der Waals surface area contributed by atoms with Gasteiger partial charge in [0.15, 0.2) is 0 Å². The summed E-state index contributed by atoms with van der Waals surface area (Å²) in [5.74, 6) is 0. The summed E-state index contributed by atoms with van der Waals surface area (Å²) in [6.07, 6.45) is 12.8. The van der Waals surface area contributed by atoms with Crippen molar-refractivity contribution in [3.8, 4) is 0 Å². The Hall–Kier alpha value is 1.02. The molecule has 0 aliphatic rings. The second kappa shape index (κ2) is 17.0. The third kappa shape index (κ3) is 19.5. The quantitative estimate of drug-likeness (QED) is 0.323. The summed E-state index contributed by atoms with van der Waals surface area (Å²) >= 11 is 0. The van der Waals surface area contributed by atoms with Crippen molar-refractivity contribution in [2.24, 2.45) is 0 Å². The van der Waals surface area contributed by atoms with Crippen molar-refractivity contribution >= 4 is 8.60 Å². The van der Waals surface area contributed by atoms with E-state index in [0.717, 1.165) is 12.8 Å². The first kappa shape index (κ1) is 20.3. The maximum Gasteiger partial charge on any atom is 0.327 e. The number of rotatable bonds is 12. The molecule has 0 unspecified atom stereocenters. The molecule has 0 aliphatic heterocycles. The fourth-order valence-electron chi connectivity index (χ4n) is 1.74. The fourth-order valence-corrected chi connectivity index (χ4v) is 2.03. The van der Waals surface area contributed by atoms with Gasteiger partial charge in [0, 0.05) is 21.7 Å². The molecule has 2 N–H and O–H groups in total. The molecule has 0 heterocycles. The second-order valence-electron chi connectivity index (χ2n) is 4.27. The van der Waals surface area contributed by atoms with Crippen LogP contribution in [-0.2, 0) is 26.2 Å². The summed E-state index contributed by atoms with van der Waals surface area (Å²) in [4.78, 5) is 17.0. The first-order chi connectivity index (χ1) is 7.77. The molecule has 0 aliphatic carbocycles. The Morgan fingerprint density at radius 3 is 1.59 bits per heavy atom. The molecule has 0 spiro atoms. The van der Waals surface area contributed by atoms with Gasteiger partial charge < -0.3 is 14.3 Å². The summed E-state index contributed by atoms with van der Waals surface area (Å²) < 4.78 is 4.69. The monoisotopic (exact) mass is 298 g/mol. The minimum Gasteiger partial charge on any atom is -0.328 e. The molecule has 0 radical (unpaired) electrons. The molecule has 102 valence electrons. The van der Waals surface area contributed by atoms with Crippen LogP contribution in [0.2, 0.25) is 0 Å². The zero-order valence-electron chi connectivity index (χ0n) is 11.0. The van der Waals surface area contributed by atoms with Crippen LogP contribution in [0, 0.1) is 0 Å². The Morgan fingerprint density at radius 2 is 1.18 bits per heavy atom. The zero-order valence-corrected chi connectivity index (χ0v) is 13.5. The molecule has 0 amide bonds. The van der Waals surface area contributed by atoms with Gasteiger partial charge in [-0.2, -0.15) is 0 Å². The van der Waals surface area contributed by atoms with E-state index in [9.17, 15) is 0 Å². The van der Waals surface area contributed by atoms with E-state index >= 15 is 0 Å². The van der Waals surface area contributed by atoms with Crippen molar-refractivity contribution in [3.63, 3.8) is 0 Å². The molecular formula is C12H27O3PTi. The van der Waals surface area contributed by atoms with E-state index in [0.29, 0.717) is 6.61 Å². The van der Waals surface area contributed by atoms with Gasteiger partial charge in [-0.3, -0.25) is 0 Å². The van der Waals surface area contributed by atoms with Crippen LogP contribution in [0.5, 0.6) is 0 Å². The second-order valence-corrected chi connectivity index (χ2v) is 5.03. The molecule has 0 saturated carbocycles. The van der Waals surface area contributed by atoms with E-state index in [1.165, 1.54) is 51.4 Å². The van der Waals surface area contributed by atoms with E-state index in [1.54, 1.807) is 0 Å². The molecule has 0 atom stereocenters. The van der Waals surface area contributed by atoms with Gasteiger partial charge in [-0.05, 0) is 6.42 Å². The maximum absolute atomic E-state index is 8.49. The van der Waals surface area contributed by atoms with Crippen molar-refractivity contribution in [1.29, 1.82) is 0 Å². The normalized spacial score (nSPS) is 10.6. The summed E-state index contributed by atoms with van der Waals surface area (Å²) in [7, 11) is -2.14. The Kier molecular flexibility index (Phi) is 20.4. The number of hydrogen-bond acceptors (Lipinski definition) is 3. The molecular weight excluding hydrogens is 271 g/mol. The van der Waals surface area contributed by atoms with Gasteiger partial charge in [0.2, 0.25) is 0 Å². The molecule has 17 heavy (non-hydrogen) atoms. The molecule has 0 aromatic rings. The minimum absolute atomic E-state index is 0. The predicted octanol–water partition coefficient (Wildman–Crippen LogP) is 4.13. The zero-order chi connectivity index (χ0) is 12.1. The van der Waals surface area contributed by atoms with Crippen molar-refractivity contribution in [1.82, 2.24) is 0 Å². The molecule has 0 rings (SSSR count). The van der Waals surface area contributed by atoms with Crippen molar-refractivity contribution in [2.75, 3.05) is 6.61 Å². The molecule has 0 saturated heterocycles. The van der Waals surface area contributed by atoms with Crippen LogP contribution in [0.15, 0.2) is 0 Å². The van der Waals surface area contributed by atoms with Crippen molar-refractivity contribution in [2.45, 2.75) is 71.1 Å². The van der Waals surface area contributed by atoms with Gasteiger partial charge in [-0.1, -0.05) is 64.7 Å². The van der Waals surface area contributed by atoms with Crippen molar-refractivity contribution in [3.05, 3.63) is 0 Å². The van der Waals surface area contributed by atoms with Gasteiger partial charge in [-0.15, -0.1) is 0 Å². The van der Waals surface area contributed by atoms with E-state index in [4.69, 9.17) is 9.79 Å². The third-order valence-electron chi connectivity index (χ3n) is 2.70. The topological polar surface area (TPSA) is 49.7 Å². The van der Waals surface area contributed by atoms with Crippen LogP contribution in [0.3, 0.4) is 0 Å². The third-order valence-corrected chi connectivity index (χ3v) is 3.12. The standard InChI is InChI=1S/C12H27O3P.Ti/c1-2-3-4-5-6-7-8-9-10-11-12-15-16(13)14;/h13-14H,2-12H2,1H3;. The number of hydrogen-bond donors (Lipinski definition) is 2. The minimum atomic E-state index is -2.14. The van der Waals surface area contributed by atoms with Crippen LogP contribution in [0.25, 0.3) is 0 Å². The van der Waals surface area contributed by atoms with Gasteiger partial charge in [-0.25, -0.2) is 0 Å². The fraction of sp³-hybridized carbons (Fsp3) is 1.00. The van der Waals surface area contributed by atoms with Crippen LogP contribution in [-0.4, -0.2) is 16.4 Å². The molecule has 0 aromatic carbocycles. The van der Waals surface area contributed by atoms with Crippen LogP contribution in [0.4, 0.5) is 0 Å². The summed E-state index contributed by atoms with van der Waals surface area (Å²) in [5, 5.41) is 0. The average molecular weight is 298 g/mol. The van der Waals surface area contributed by atoms with Gasteiger partial charge >= 0.3 is 8.60 Å². The Labute approximate surface area is 122 Å². The molecule has 0 bridgehead atoms. The van der Waals surface area contributed by atoms with E-state index in [-0.39, 0.29) is 21.7 Å². The first-order valence-corrected chi connectivity index (χ1v) is 7.74. The Morgan fingerprint density at radius 1 is 0.765 bits per heavy atom. The van der Waals surface area contributed by atoms with Crippen LogP contribution < -0.4 is 0 Å².